The number of hydrogen-bond donors (Lipinski definition) is 1. The third-order valence-corrected chi connectivity index (χ3v) is 8.01. The molecular formula is C26H49N. The van der Waals surface area contributed by atoms with Gasteiger partial charge in [-0.1, -0.05) is 103 Å². The molecule has 2 saturated carbocycles. The molecule has 3 fully saturated rings. The average Bonchev–Trinajstić information content (AvgIpc) is 2.70. The molecule has 1 nitrogen and oxygen atoms in total. The quantitative estimate of drug-likeness (QED) is 0.450. The molecule has 1 N–H and O–H groups in total. The SMILES string of the molecule is C1CCCCCC2CCC(CCCC1)CC1CCCCCCCCC(C1)N2. The summed E-state index contributed by atoms with van der Waals surface area (Å²) in [6.45, 7) is 0. The monoisotopic (exact) mass is 375 g/mol. The van der Waals surface area contributed by atoms with Gasteiger partial charge in [-0.15, -0.1) is 0 Å². The van der Waals surface area contributed by atoms with Gasteiger partial charge in [-0.05, 0) is 50.4 Å². The Kier molecular flexibility index (Phi) is 10.6. The molecular weight excluding hydrogens is 326 g/mol. The molecule has 158 valence electrons. The van der Waals surface area contributed by atoms with E-state index in [0.717, 1.165) is 23.9 Å². The van der Waals surface area contributed by atoms with Crippen LogP contribution in [0.25, 0.3) is 0 Å². The van der Waals surface area contributed by atoms with Crippen molar-refractivity contribution in [2.75, 3.05) is 0 Å². The predicted octanol–water partition coefficient (Wildman–Crippen LogP) is 8.17. The van der Waals surface area contributed by atoms with Crippen molar-refractivity contribution in [3.63, 3.8) is 0 Å². The van der Waals surface area contributed by atoms with E-state index in [1.54, 1.807) is 6.42 Å². The molecule has 0 aromatic carbocycles. The molecule has 1 heteroatoms. The van der Waals surface area contributed by atoms with Crippen molar-refractivity contribution >= 4 is 0 Å². The molecule has 2 aliphatic carbocycles. The van der Waals surface area contributed by atoms with Crippen LogP contribution in [0.1, 0.15) is 141 Å². The lowest BCUT2D eigenvalue weighted by Gasteiger charge is -2.27. The van der Waals surface area contributed by atoms with Crippen LogP contribution in [0.3, 0.4) is 0 Å². The smallest absolute Gasteiger partial charge is 0.00722 e. The van der Waals surface area contributed by atoms with Gasteiger partial charge in [-0.3, -0.25) is 0 Å². The highest BCUT2D eigenvalue weighted by Gasteiger charge is 2.26. The third kappa shape index (κ3) is 8.88. The number of rotatable bonds is 0. The number of fused-ring (bicyclic) bond motifs is 5. The Labute approximate surface area is 170 Å². The molecule has 3 aliphatic rings. The summed E-state index contributed by atoms with van der Waals surface area (Å²) in [6.07, 6.45) is 32.9. The van der Waals surface area contributed by atoms with Crippen LogP contribution in [-0.2, 0) is 0 Å². The molecule has 4 atom stereocenters. The first kappa shape index (κ1) is 21.7. The van der Waals surface area contributed by atoms with E-state index in [2.05, 4.69) is 5.32 Å². The molecule has 0 spiro atoms. The largest absolute Gasteiger partial charge is 0.311 e. The van der Waals surface area contributed by atoms with Gasteiger partial charge in [-0.25, -0.2) is 0 Å². The number of nitrogens with one attached hydrogen (secondary N) is 1. The molecule has 27 heavy (non-hydrogen) atoms. The first-order valence-corrected chi connectivity index (χ1v) is 13.2. The first-order valence-electron chi connectivity index (χ1n) is 13.2. The molecule has 1 aliphatic heterocycles. The zero-order valence-electron chi connectivity index (χ0n) is 18.4. The summed E-state index contributed by atoms with van der Waals surface area (Å²) < 4.78 is 0. The Morgan fingerprint density at radius 3 is 1.44 bits per heavy atom. The van der Waals surface area contributed by atoms with Crippen molar-refractivity contribution in [1.82, 2.24) is 5.32 Å². The van der Waals surface area contributed by atoms with Crippen LogP contribution in [0.5, 0.6) is 0 Å². The molecule has 1 heterocycles. The van der Waals surface area contributed by atoms with Crippen LogP contribution < -0.4 is 5.32 Å². The molecule has 4 unspecified atom stereocenters. The van der Waals surface area contributed by atoms with Gasteiger partial charge in [-0.2, -0.15) is 0 Å². The number of hydrogen-bond acceptors (Lipinski definition) is 1. The van der Waals surface area contributed by atoms with Gasteiger partial charge >= 0.3 is 0 Å². The topological polar surface area (TPSA) is 12.0 Å². The van der Waals surface area contributed by atoms with E-state index in [0.29, 0.717) is 0 Å². The minimum absolute atomic E-state index is 0.823. The highest BCUT2D eigenvalue weighted by atomic mass is 14.9. The minimum atomic E-state index is 0.823. The van der Waals surface area contributed by atoms with Crippen LogP contribution in [0.4, 0.5) is 0 Å². The summed E-state index contributed by atoms with van der Waals surface area (Å²) in [4.78, 5) is 0. The highest BCUT2D eigenvalue weighted by molar-refractivity contribution is 4.83. The fourth-order valence-corrected chi connectivity index (χ4v) is 6.35. The van der Waals surface area contributed by atoms with Gasteiger partial charge in [0, 0.05) is 12.1 Å². The molecule has 0 aromatic heterocycles. The molecule has 0 aromatic rings. The van der Waals surface area contributed by atoms with E-state index in [4.69, 9.17) is 0 Å². The Morgan fingerprint density at radius 2 is 0.815 bits per heavy atom. The predicted molar refractivity (Wildman–Crippen MR) is 119 cm³/mol. The summed E-state index contributed by atoms with van der Waals surface area (Å²) in [6, 6.07) is 1.65. The molecule has 0 radical (unpaired) electrons. The van der Waals surface area contributed by atoms with Crippen molar-refractivity contribution in [2.45, 2.75) is 153 Å². The second-order valence-electron chi connectivity index (χ2n) is 10.4. The second-order valence-corrected chi connectivity index (χ2v) is 10.4. The standard InChI is InChI=1S/C26H49N/c1-2-4-9-13-17-25-20-19-23(15-11-7-3-1)21-24-16-12-8-5-6-10-14-18-26(22-24)27-25/h23-27H,1-22H2. The third-order valence-electron chi connectivity index (χ3n) is 8.01. The molecule has 1 saturated heterocycles. The van der Waals surface area contributed by atoms with Gasteiger partial charge in [0.1, 0.15) is 0 Å². The normalized spacial score (nSPS) is 36.4. The van der Waals surface area contributed by atoms with Crippen LogP contribution in [0.15, 0.2) is 0 Å². The van der Waals surface area contributed by atoms with Gasteiger partial charge in [0.25, 0.3) is 0 Å². The Bertz CT molecular complexity index is 331. The molecule has 3 rings (SSSR count). The van der Waals surface area contributed by atoms with E-state index in [1.165, 1.54) is 135 Å². The summed E-state index contributed by atoms with van der Waals surface area (Å²) in [5, 5.41) is 4.23. The molecule has 0 amide bonds. The van der Waals surface area contributed by atoms with E-state index < -0.39 is 0 Å². The van der Waals surface area contributed by atoms with E-state index >= 15 is 0 Å². The maximum absolute atomic E-state index is 4.23. The van der Waals surface area contributed by atoms with Crippen molar-refractivity contribution in [1.29, 1.82) is 0 Å². The van der Waals surface area contributed by atoms with Crippen LogP contribution in [0.2, 0.25) is 0 Å². The lowest BCUT2D eigenvalue weighted by atomic mass is 9.82. The highest BCUT2D eigenvalue weighted by Crippen LogP contribution is 2.34. The summed E-state index contributed by atoms with van der Waals surface area (Å²) in [5.41, 5.74) is 0. The van der Waals surface area contributed by atoms with E-state index in [9.17, 15) is 0 Å². The fraction of sp³-hybridized carbons (Fsp3) is 1.00. The summed E-state index contributed by atoms with van der Waals surface area (Å²) in [5.74, 6) is 2.05. The summed E-state index contributed by atoms with van der Waals surface area (Å²) in [7, 11) is 0. The maximum atomic E-state index is 4.23. The van der Waals surface area contributed by atoms with Crippen LogP contribution in [0, 0.1) is 11.8 Å². The van der Waals surface area contributed by atoms with E-state index in [-0.39, 0.29) is 0 Å². The van der Waals surface area contributed by atoms with Crippen molar-refractivity contribution in [3.8, 4) is 0 Å². The van der Waals surface area contributed by atoms with Crippen LogP contribution in [-0.4, -0.2) is 12.1 Å². The van der Waals surface area contributed by atoms with Gasteiger partial charge in [0.05, 0.1) is 0 Å². The van der Waals surface area contributed by atoms with Crippen molar-refractivity contribution < 1.29 is 0 Å². The lowest BCUT2D eigenvalue weighted by Crippen LogP contribution is -2.39. The zero-order valence-corrected chi connectivity index (χ0v) is 18.4. The van der Waals surface area contributed by atoms with Crippen molar-refractivity contribution in [2.24, 2.45) is 11.8 Å². The molecule has 4 bridgehead atoms. The van der Waals surface area contributed by atoms with Gasteiger partial charge in [0.2, 0.25) is 0 Å². The minimum Gasteiger partial charge on any atom is -0.311 e. The fourth-order valence-electron chi connectivity index (χ4n) is 6.35. The van der Waals surface area contributed by atoms with Crippen molar-refractivity contribution in [3.05, 3.63) is 0 Å². The average molecular weight is 376 g/mol. The van der Waals surface area contributed by atoms with E-state index in [1.807, 2.05) is 0 Å². The van der Waals surface area contributed by atoms with Gasteiger partial charge in [0.15, 0.2) is 0 Å². The first-order chi connectivity index (χ1) is 13.4. The summed E-state index contributed by atoms with van der Waals surface area (Å²) >= 11 is 0. The zero-order chi connectivity index (χ0) is 18.6. The Hall–Kier alpha value is -0.0400. The maximum Gasteiger partial charge on any atom is 0.00722 e. The van der Waals surface area contributed by atoms with Gasteiger partial charge < -0.3 is 5.32 Å². The second kappa shape index (κ2) is 13.2. The lowest BCUT2D eigenvalue weighted by molar-refractivity contribution is 0.282. The Balaban J connectivity index is 1.66. The Morgan fingerprint density at radius 1 is 0.333 bits per heavy atom. The van der Waals surface area contributed by atoms with Crippen LogP contribution >= 0.6 is 0 Å².